The van der Waals surface area contributed by atoms with E-state index in [-0.39, 0.29) is 18.4 Å². The molecule has 2 aromatic rings. The van der Waals surface area contributed by atoms with E-state index in [9.17, 15) is 14.4 Å². The maximum atomic E-state index is 12.4. The maximum Gasteiger partial charge on any atom is 0.325 e. The fourth-order valence-electron chi connectivity index (χ4n) is 3.58. The van der Waals surface area contributed by atoms with Gasteiger partial charge in [0.05, 0.1) is 0 Å². The molecule has 7 heteroatoms. The third kappa shape index (κ3) is 3.87. The van der Waals surface area contributed by atoms with E-state index < -0.39 is 11.6 Å². The third-order valence-electron chi connectivity index (χ3n) is 5.46. The number of imide groups is 1. The highest BCUT2D eigenvalue weighted by atomic mass is 32.2. The molecule has 2 aliphatic rings. The van der Waals surface area contributed by atoms with Crippen LogP contribution in [0.5, 0.6) is 0 Å². The Labute approximate surface area is 174 Å². The number of nitrogens with one attached hydrogen (secondary N) is 2. The fraction of sp³-hybridized carbons (Fsp3) is 0.318. The molecule has 1 saturated carbocycles. The number of aryl methyl sites for hydroxylation is 2. The molecule has 0 unspecified atom stereocenters. The van der Waals surface area contributed by atoms with E-state index in [0.29, 0.717) is 18.5 Å². The highest BCUT2D eigenvalue weighted by Gasteiger charge is 2.54. The number of anilines is 1. The molecule has 0 radical (unpaired) electrons. The van der Waals surface area contributed by atoms with E-state index in [0.717, 1.165) is 16.2 Å². The Balaban J connectivity index is 1.36. The molecule has 1 heterocycles. The lowest BCUT2D eigenvalue weighted by molar-refractivity contribution is -0.136. The van der Waals surface area contributed by atoms with Crippen LogP contribution in [0.25, 0.3) is 0 Å². The second-order valence-electron chi connectivity index (χ2n) is 7.70. The van der Waals surface area contributed by atoms with E-state index in [1.165, 1.54) is 16.0 Å². The monoisotopic (exact) mass is 409 g/mol. The molecule has 150 valence electrons. The second kappa shape index (κ2) is 7.55. The van der Waals surface area contributed by atoms with Crippen LogP contribution < -0.4 is 10.6 Å². The first-order chi connectivity index (χ1) is 13.9. The predicted octanol–water partition coefficient (Wildman–Crippen LogP) is 3.87. The van der Waals surface area contributed by atoms with E-state index >= 15 is 0 Å². The lowest BCUT2D eigenvalue weighted by Crippen LogP contribution is -2.52. The summed E-state index contributed by atoms with van der Waals surface area (Å²) in [7, 11) is 0. The van der Waals surface area contributed by atoms with Crippen LogP contribution in [-0.2, 0) is 9.59 Å². The molecule has 0 bridgehead atoms. The Hall–Kier alpha value is -2.80. The number of benzene rings is 2. The minimum atomic E-state index is -0.760. The highest BCUT2D eigenvalue weighted by Crippen LogP contribution is 2.37. The van der Waals surface area contributed by atoms with Crippen molar-refractivity contribution in [3.8, 4) is 0 Å². The quantitative estimate of drug-likeness (QED) is 0.735. The van der Waals surface area contributed by atoms with Crippen molar-refractivity contribution in [3.05, 3.63) is 53.6 Å². The number of carbonyl (C=O) groups is 3. The molecule has 0 aromatic heterocycles. The summed E-state index contributed by atoms with van der Waals surface area (Å²) in [5, 5.41) is 5.49. The number of hydrogen-bond acceptors (Lipinski definition) is 4. The normalized spacial score (nSPS) is 17.2. The summed E-state index contributed by atoms with van der Waals surface area (Å²) in [5.41, 5.74) is 2.30. The smallest absolute Gasteiger partial charge is 0.325 e. The Kier molecular flexibility index (Phi) is 5.08. The molecule has 2 aromatic carbocycles. The second-order valence-corrected chi connectivity index (χ2v) is 8.82. The first-order valence-corrected chi connectivity index (χ1v) is 10.5. The van der Waals surface area contributed by atoms with Gasteiger partial charge < -0.3 is 10.6 Å². The van der Waals surface area contributed by atoms with Crippen molar-refractivity contribution in [2.45, 2.75) is 48.4 Å². The number of hydrogen-bond donors (Lipinski definition) is 2. The van der Waals surface area contributed by atoms with Crippen LogP contribution >= 0.6 is 11.8 Å². The van der Waals surface area contributed by atoms with Crippen LogP contribution in [0.1, 0.15) is 30.4 Å². The molecule has 6 nitrogen and oxygen atoms in total. The summed E-state index contributed by atoms with van der Waals surface area (Å²) in [5.74, 6) is -0.677. The SMILES string of the molecule is Cc1ccc(C)c(Sc2ccc(NC(=O)CN3C(=O)NC4(CCC4)C3=O)cc2)c1. The van der Waals surface area contributed by atoms with Crippen LogP contribution in [0.3, 0.4) is 0 Å². The topological polar surface area (TPSA) is 78.5 Å². The first kappa shape index (κ1) is 19.5. The zero-order chi connectivity index (χ0) is 20.6. The molecule has 1 aliphatic carbocycles. The molecule has 1 spiro atoms. The molecule has 1 saturated heterocycles. The van der Waals surface area contributed by atoms with E-state index in [1.807, 2.05) is 24.3 Å². The molecular weight excluding hydrogens is 386 g/mol. The predicted molar refractivity (Wildman–Crippen MR) is 112 cm³/mol. The summed E-state index contributed by atoms with van der Waals surface area (Å²) in [6.45, 7) is 3.88. The van der Waals surface area contributed by atoms with Gasteiger partial charge in [0.15, 0.2) is 0 Å². The fourth-order valence-corrected chi connectivity index (χ4v) is 4.58. The van der Waals surface area contributed by atoms with Gasteiger partial charge in [0.2, 0.25) is 5.91 Å². The highest BCUT2D eigenvalue weighted by molar-refractivity contribution is 7.99. The van der Waals surface area contributed by atoms with Gasteiger partial charge in [-0.05, 0) is 74.6 Å². The third-order valence-corrected chi connectivity index (χ3v) is 6.63. The zero-order valence-corrected chi connectivity index (χ0v) is 17.3. The Morgan fingerprint density at radius 1 is 1.14 bits per heavy atom. The summed E-state index contributed by atoms with van der Waals surface area (Å²) in [6.07, 6.45) is 2.21. The van der Waals surface area contributed by atoms with Gasteiger partial charge in [0.25, 0.3) is 5.91 Å². The van der Waals surface area contributed by atoms with E-state index in [2.05, 4.69) is 42.7 Å². The van der Waals surface area contributed by atoms with Crippen molar-refractivity contribution < 1.29 is 14.4 Å². The maximum absolute atomic E-state index is 12.4. The molecule has 0 atom stereocenters. The number of rotatable bonds is 5. The van der Waals surface area contributed by atoms with Gasteiger partial charge >= 0.3 is 6.03 Å². The number of amides is 4. The van der Waals surface area contributed by atoms with Gasteiger partial charge in [-0.1, -0.05) is 23.9 Å². The van der Waals surface area contributed by atoms with Crippen LogP contribution in [0.2, 0.25) is 0 Å². The number of carbonyl (C=O) groups excluding carboxylic acids is 3. The van der Waals surface area contributed by atoms with Crippen molar-refractivity contribution in [2.24, 2.45) is 0 Å². The van der Waals surface area contributed by atoms with Crippen molar-refractivity contribution in [2.75, 3.05) is 11.9 Å². The summed E-state index contributed by atoms with van der Waals surface area (Å²) in [4.78, 5) is 40.1. The Bertz CT molecular complexity index is 983. The minimum absolute atomic E-state index is 0.272. The van der Waals surface area contributed by atoms with E-state index in [1.54, 1.807) is 11.8 Å². The standard InChI is InChI=1S/C22H23N3O3S/c1-14-4-5-15(2)18(12-14)29-17-8-6-16(7-9-17)23-19(26)13-25-20(27)22(10-3-11-22)24-21(25)28/h4-9,12H,3,10-11,13H2,1-2H3,(H,23,26)(H,24,28). The van der Waals surface area contributed by atoms with Crippen molar-refractivity contribution in [1.82, 2.24) is 10.2 Å². The molecule has 4 rings (SSSR count). The Morgan fingerprint density at radius 3 is 2.48 bits per heavy atom. The van der Waals surface area contributed by atoms with Crippen molar-refractivity contribution in [1.29, 1.82) is 0 Å². The molecule has 1 aliphatic heterocycles. The van der Waals surface area contributed by atoms with Crippen LogP contribution in [-0.4, -0.2) is 34.8 Å². The largest absolute Gasteiger partial charge is 0.325 e. The van der Waals surface area contributed by atoms with Gasteiger partial charge in [0, 0.05) is 15.5 Å². The van der Waals surface area contributed by atoms with Gasteiger partial charge in [0.1, 0.15) is 12.1 Å². The minimum Gasteiger partial charge on any atom is -0.325 e. The summed E-state index contributed by atoms with van der Waals surface area (Å²) < 4.78 is 0. The van der Waals surface area contributed by atoms with Gasteiger partial charge in [-0.3, -0.25) is 14.5 Å². The van der Waals surface area contributed by atoms with Crippen LogP contribution in [0, 0.1) is 13.8 Å². The number of nitrogens with zero attached hydrogens (tertiary/aromatic N) is 1. The lowest BCUT2D eigenvalue weighted by atomic mass is 9.77. The average molecular weight is 410 g/mol. The molecule has 2 fully saturated rings. The molecule has 29 heavy (non-hydrogen) atoms. The molecule has 4 amide bonds. The Morgan fingerprint density at radius 2 is 1.86 bits per heavy atom. The first-order valence-electron chi connectivity index (χ1n) is 9.65. The molecule has 2 N–H and O–H groups in total. The van der Waals surface area contributed by atoms with Crippen LogP contribution in [0.4, 0.5) is 10.5 Å². The summed E-state index contributed by atoms with van der Waals surface area (Å²) >= 11 is 1.67. The lowest BCUT2D eigenvalue weighted by Gasteiger charge is -2.34. The average Bonchev–Trinajstić information content (AvgIpc) is 2.91. The van der Waals surface area contributed by atoms with Gasteiger partial charge in [-0.2, -0.15) is 0 Å². The van der Waals surface area contributed by atoms with Crippen molar-refractivity contribution in [3.63, 3.8) is 0 Å². The van der Waals surface area contributed by atoms with E-state index in [4.69, 9.17) is 0 Å². The van der Waals surface area contributed by atoms with Gasteiger partial charge in [-0.15, -0.1) is 0 Å². The molecular formula is C22H23N3O3S. The van der Waals surface area contributed by atoms with Crippen LogP contribution in [0.15, 0.2) is 52.3 Å². The number of urea groups is 1. The van der Waals surface area contributed by atoms with Crippen molar-refractivity contribution >= 4 is 35.3 Å². The summed E-state index contributed by atoms with van der Waals surface area (Å²) in [6, 6.07) is 13.4. The zero-order valence-electron chi connectivity index (χ0n) is 16.5. The van der Waals surface area contributed by atoms with Gasteiger partial charge in [-0.25, -0.2) is 4.79 Å².